The summed E-state index contributed by atoms with van der Waals surface area (Å²) in [6.45, 7) is 6.44. The Balaban J connectivity index is 2.11. The van der Waals surface area contributed by atoms with Crippen molar-refractivity contribution in [2.24, 2.45) is 0 Å². The van der Waals surface area contributed by atoms with Crippen LogP contribution in [0.3, 0.4) is 0 Å². The van der Waals surface area contributed by atoms with E-state index in [1.807, 2.05) is 0 Å². The number of hydrazine groups is 1. The van der Waals surface area contributed by atoms with Gasteiger partial charge in [-0.05, 0) is 6.92 Å². The molecule has 1 unspecified atom stereocenters. The van der Waals surface area contributed by atoms with E-state index in [2.05, 4.69) is 17.4 Å². The SMILES string of the molecule is COCC(C)NN1CCOCC1. The molecule has 12 heavy (non-hydrogen) atoms. The van der Waals surface area contributed by atoms with E-state index < -0.39 is 0 Å². The Bertz CT molecular complexity index is 116. The number of methoxy groups -OCH3 is 1. The zero-order chi connectivity index (χ0) is 8.81. The first kappa shape index (κ1) is 9.92. The molecule has 1 aliphatic heterocycles. The van der Waals surface area contributed by atoms with Crippen LogP contribution in [-0.2, 0) is 9.47 Å². The maximum absolute atomic E-state index is 5.23. The first-order chi connectivity index (χ1) is 5.83. The maximum atomic E-state index is 5.23. The van der Waals surface area contributed by atoms with Crippen molar-refractivity contribution in [1.29, 1.82) is 0 Å². The first-order valence-corrected chi connectivity index (χ1v) is 4.40. The molecule has 1 heterocycles. The van der Waals surface area contributed by atoms with Crippen LogP contribution in [0.5, 0.6) is 0 Å². The molecule has 1 aliphatic rings. The van der Waals surface area contributed by atoms with Gasteiger partial charge >= 0.3 is 0 Å². The Morgan fingerprint density at radius 1 is 1.50 bits per heavy atom. The lowest BCUT2D eigenvalue weighted by molar-refractivity contribution is -0.00229. The highest BCUT2D eigenvalue weighted by Crippen LogP contribution is 1.94. The third-order valence-corrected chi connectivity index (χ3v) is 1.83. The molecule has 0 radical (unpaired) electrons. The van der Waals surface area contributed by atoms with E-state index in [1.54, 1.807) is 7.11 Å². The largest absolute Gasteiger partial charge is 0.383 e. The van der Waals surface area contributed by atoms with E-state index in [1.165, 1.54) is 0 Å². The highest BCUT2D eigenvalue weighted by molar-refractivity contribution is 4.62. The van der Waals surface area contributed by atoms with E-state index in [0.717, 1.165) is 32.9 Å². The minimum atomic E-state index is 0.382. The van der Waals surface area contributed by atoms with Crippen molar-refractivity contribution in [2.45, 2.75) is 13.0 Å². The van der Waals surface area contributed by atoms with E-state index in [4.69, 9.17) is 9.47 Å². The number of rotatable bonds is 4. The smallest absolute Gasteiger partial charge is 0.0626 e. The molecule has 0 aromatic heterocycles. The predicted molar refractivity (Wildman–Crippen MR) is 46.9 cm³/mol. The average Bonchev–Trinajstić information content (AvgIpc) is 2.06. The number of hydrogen-bond acceptors (Lipinski definition) is 4. The van der Waals surface area contributed by atoms with Gasteiger partial charge in [-0.2, -0.15) is 0 Å². The van der Waals surface area contributed by atoms with Crippen LogP contribution >= 0.6 is 0 Å². The van der Waals surface area contributed by atoms with Crippen LogP contribution in [-0.4, -0.2) is 51.1 Å². The molecule has 0 amide bonds. The van der Waals surface area contributed by atoms with Gasteiger partial charge in [0.1, 0.15) is 0 Å². The third-order valence-electron chi connectivity index (χ3n) is 1.83. The standard InChI is InChI=1S/C8H18N2O2/c1-8(7-11-2)9-10-3-5-12-6-4-10/h8-9H,3-7H2,1-2H3. The normalized spacial score (nSPS) is 22.5. The second kappa shape index (κ2) is 5.48. The van der Waals surface area contributed by atoms with Crippen molar-refractivity contribution in [2.75, 3.05) is 40.0 Å². The van der Waals surface area contributed by atoms with Gasteiger partial charge in [0.15, 0.2) is 0 Å². The zero-order valence-corrected chi connectivity index (χ0v) is 7.88. The summed E-state index contributed by atoms with van der Waals surface area (Å²) in [6.07, 6.45) is 0. The minimum absolute atomic E-state index is 0.382. The molecule has 1 fully saturated rings. The Morgan fingerprint density at radius 2 is 2.17 bits per heavy atom. The van der Waals surface area contributed by atoms with Gasteiger partial charge in [0.2, 0.25) is 0 Å². The molecule has 1 saturated heterocycles. The summed E-state index contributed by atoms with van der Waals surface area (Å²) in [5.74, 6) is 0. The van der Waals surface area contributed by atoms with Crippen molar-refractivity contribution >= 4 is 0 Å². The fourth-order valence-corrected chi connectivity index (χ4v) is 1.29. The molecule has 1 N–H and O–H groups in total. The fourth-order valence-electron chi connectivity index (χ4n) is 1.29. The van der Waals surface area contributed by atoms with Gasteiger partial charge in [0.05, 0.1) is 19.8 Å². The lowest BCUT2D eigenvalue weighted by Crippen LogP contribution is -2.50. The van der Waals surface area contributed by atoms with Crippen molar-refractivity contribution < 1.29 is 9.47 Å². The molecule has 1 rings (SSSR count). The summed E-state index contributed by atoms with van der Waals surface area (Å²) in [6, 6.07) is 0.382. The number of nitrogens with one attached hydrogen (secondary N) is 1. The highest BCUT2D eigenvalue weighted by Gasteiger charge is 2.11. The van der Waals surface area contributed by atoms with Crippen molar-refractivity contribution in [3.8, 4) is 0 Å². The number of nitrogens with zero attached hydrogens (tertiary/aromatic N) is 1. The summed E-state index contributed by atoms with van der Waals surface area (Å²) in [7, 11) is 1.72. The van der Waals surface area contributed by atoms with Crippen LogP contribution in [0.4, 0.5) is 0 Å². The van der Waals surface area contributed by atoms with Gasteiger partial charge in [0, 0.05) is 26.2 Å². The third kappa shape index (κ3) is 3.49. The van der Waals surface area contributed by atoms with Gasteiger partial charge in [-0.1, -0.05) is 0 Å². The predicted octanol–water partition coefficient (Wildman–Crippen LogP) is -0.142. The van der Waals surface area contributed by atoms with Gasteiger partial charge < -0.3 is 9.47 Å². The number of ether oxygens (including phenoxy) is 2. The van der Waals surface area contributed by atoms with Crippen molar-refractivity contribution in [1.82, 2.24) is 10.4 Å². The van der Waals surface area contributed by atoms with Crippen molar-refractivity contribution in [3.05, 3.63) is 0 Å². The lowest BCUT2D eigenvalue weighted by Gasteiger charge is -2.29. The van der Waals surface area contributed by atoms with Gasteiger partial charge in [-0.15, -0.1) is 0 Å². The Kier molecular flexibility index (Phi) is 4.53. The van der Waals surface area contributed by atoms with Crippen LogP contribution < -0.4 is 5.43 Å². The molecule has 0 aromatic carbocycles. The van der Waals surface area contributed by atoms with Gasteiger partial charge in [-0.25, -0.2) is 10.4 Å². The minimum Gasteiger partial charge on any atom is -0.383 e. The second-order valence-corrected chi connectivity index (χ2v) is 3.08. The molecule has 0 aromatic rings. The first-order valence-electron chi connectivity index (χ1n) is 4.40. The average molecular weight is 174 g/mol. The number of hydrogen-bond donors (Lipinski definition) is 1. The molecular formula is C8H18N2O2. The van der Waals surface area contributed by atoms with Crippen LogP contribution in [0.25, 0.3) is 0 Å². The zero-order valence-electron chi connectivity index (χ0n) is 7.88. The Labute approximate surface area is 73.8 Å². The topological polar surface area (TPSA) is 33.7 Å². The Hall–Kier alpha value is -0.160. The van der Waals surface area contributed by atoms with Crippen LogP contribution in [0.15, 0.2) is 0 Å². The van der Waals surface area contributed by atoms with Crippen molar-refractivity contribution in [3.63, 3.8) is 0 Å². The van der Waals surface area contributed by atoms with Crippen LogP contribution in [0, 0.1) is 0 Å². The molecule has 0 bridgehead atoms. The molecule has 72 valence electrons. The molecule has 1 atom stereocenters. The quantitative estimate of drug-likeness (QED) is 0.643. The highest BCUT2D eigenvalue weighted by atomic mass is 16.5. The van der Waals surface area contributed by atoms with E-state index in [9.17, 15) is 0 Å². The summed E-state index contributed by atoms with van der Waals surface area (Å²) >= 11 is 0. The summed E-state index contributed by atoms with van der Waals surface area (Å²) in [5, 5.41) is 2.19. The summed E-state index contributed by atoms with van der Waals surface area (Å²) in [5.41, 5.74) is 3.35. The van der Waals surface area contributed by atoms with Gasteiger partial charge in [0.25, 0.3) is 0 Å². The van der Waals surface area contributed by atoms with E-state index in [0.29, 0.717) is 6.04 Å². The number of morpholine rings is 1. The fraction of sp³-hybridized carbons (Fsp3) is 1.00. The molecular weight excluding hydrogens is 156 g/mol. The van der Waals surface area contributed by atoms with E-state index in [-0.39, 0.29) is 0 Å². The van der Waals surface area contributed by atoms with E-state index >= 15 is 0 Å². The molecule has 0 aliphatic carbocycles. The maximum Gasteiger partial charge on any atom is 0.0626 e. The van der Waals surface area contributed by atoms with Gasteiger partial charge in [-0.3, -0.25) is 0 Å². The van der Waals surface area contributed by atoms with Crippen LogP contribution in [0.1, 0.15) is 6.92 Å². The molecule has 0 spiro atoms. The second-order valence-electron chi connectivity index (χ2n) is 3.08. The molecule has 0 saturated carbocycles. The summed E-state index contributed by atoms with van der Waals surface area (Å²) < 4.78 is 10.3. The molecule has 4 heteroatoms. The summed E-state index contributed by atoms with van der Waals surface area (Å²) in [4.78, 5) is 0. The lowest BCUT2D eigenvalue weighted by atomic mass is 10.4. The van der Waals surface area contributed by atoms with Crippen LogP contribution in [0.2, 0.25) is 0 Å². The molecule has 4 nitrogen and oxygen atoms in total. The monoisotopic (exact) mass is 174 g/mol. The Morgan fingerprint density at radius 3 is 2.75 bits per heavy atom.